The van der Waals surface area contributed by atoms with Crippen molar-refractivity contribution in [2.45, 2.75) is 92.4 Å². The first-order valence-electron chi connectivity index (χ1n) is 13.0. The van der Waals surface area contributed by atoms with Crippen LogP contribution in [-0.2, 0) is 0 Å². The first-order chi connectivity index (χ1) is 13.9. The molecule has 3 saturated carbocycles. The third-order valence-corrected chi connectivity index (χ3v) is 9.97. The second kappa shape index (κ2) is 8.39. The van der Waals surface area contributed by atoms with E-state index in [0.717, 1.165) is 47.3 Å². The van der Waals surface area contributed by atoms with Crippen molar-refractivity contribution in [3.05, 3.63) is 36.0 Å². The fourth-order valence-corrected chi connectivity index (χ4v) is 8.78. The second-order valence-corrected chi connectivity index (χ2v) is 11.7. The molecule has 3 fully saturated rings. The molecule has 0 aromatic heterocycles. The van der Waals surface area contributed by atoms with Gasteiger partial charge in [0.05, 0.1) is 0 Å². The summed E-state index contributed by atoms with van der Waals surface area (Å²) in [4.78, 5) is 0. The predicted octanol–water partition coefficient (Wildman–Crippen LogP) is 8.61. The zero-order chi connectivity index (χ0) is 20.8. The zero-order valence-electron chi connectivity index (χ0n) is 19.9. The molecule has 0 heteroatoms. The first-order valence-corrected chi connectivity index (χ1v) is 13.0. The SMILES string of the molecule is C=C1C=CC2(C)C(=C1)CCC1C(CC3CC(CCC)CC3CC)C(C)CC(C)C12. The van der Waals surface area contributed by atoms with Crippen LogP contribution in [0, 0.1) is 52.8 Å². The highest BCUT2D eigenvalue weighted by Gasteiger charge is 2.53. The third kappa shape index (κ3) is 3.83. The highest BCUT2D eigenvalue weighted by Crippen LogP contribution is 2.61. The number of rotatable bonds is 5. The van der Waals surface area contributed by atoms with Gasteiger partial charge < -0.3 is 0 Å². The Hall–Kier alpha value is -0.780. The van der Waals surface area contributed by atoms with Crippen molar-refractivity contribution in [3.8, 4) is 0 Å². The maximum Gasteiger partial charge on any atom is 0.0103 e. The van der Waals surface area contributed by atoms with Crippen molar-refractivity contribution >= 4 is 0 Å². The molecule has 0 bridgehead atoms. The molecule has 9 unspecified atom stereocenters. The van der Waals surface area contributed by atoms with Crippen LogP contribution in [0.15, 0.2) is 36.0 Å². The van der Waals surface area contributed by atoms with Crippen LogP contribution in [-0.4, -0.2) is 0 Å². The topological polar surface area (TPSA) is 0 Å². The molecule has 0 nitrogen and oxygen atoms in total. The van der Waals surface area contributed by atoms with E-state index in [1.165, 1.54) is 63.4 Å². The van der Waals surface area contributed by atoms with E-state index in [2.05, 4.69) is 59.4 Å². The number of hydrogen-bond acceptors (Lipinski definition) is 0. The van der Waals surface area contributed by atoms with Gasteiger partial charge in [-0.2, -0.15) is 0 Å². The summed E-state index contributed by atoms with van der Waals surface area (Å²) in [5.41, 5.74) is 3.18. The molecule has 0 aromatic carbocycles. The van der Waals surface area contributed by atoms with Gasteiger partial charge in [0.25, 0.3) is 0 Å². The highest BCUT2D eigenvalue weighted by atomic mass is 14.6. The lowest BCUT2D eigenvalue weighted by atomic mass is 9.47. The lowest BCUT2D eigenvalue weighted by Gasteiger charge is -2.57. The molecule has 0 heterocycles. The van der Waals surface area contributed by atoms with E-state index in [1.807, 2.05) is 0 Å². The van der Waals surface area contributed by atoms with Gasteiger partial charge in [0.1, 0.15) is 0 Å². The Labute approximate surface area is 181 Å². The standard InChI is InChI=1S/C29H46/c1-7-9-22-16-23(8-2)24(17-22)18-27-20(4)15-21(5)28-26(27)11-10-25-14-19(3)12-13-29(25,28)6/h12-14,20-24,26-28H,3,7-11,15-18H2,1-2,4-6H3. The number of allylic oxidation sites excluding steroid dienone is 5. The van der Waals surface area contributed by atoms with Gasteiger partial charge in [0, 0.05) is 5.41 Å². The zero-order valence-corrected chi connectivity index (χ0v) is 19.9. The average molecular weight is 395 g/mol. The van der Waals surface area contributed by atoms with Crippen LogP contribution >= 0.6 is 0 Å². The Morgan fingerprint density at radius 2 is 1.83 bits per heavy atom. The second-order valence-electron chi connectivity index (χ2n) is 11.7. The Morgan fingerprint density at radius 3 is 2.55 bits per heavy atom. The van der Waals surface area contributed by atoms with Gasteiger partial charge in [-0.3, -0.25) is 0 Å². The average Bonchev–Trinajstić information content (AvgIpc) is 3.06. The van der Waals surface area contributed by atoms with Crippen molar-refractivity contribution in [2.75, 3.05) is 0 Å². The van der Waals surface area contributed by atoms with E-state index in [4.69, 9.17) is 0 Å². The van der Waals surface area contributed by atoms with Gasteiger partial charge in [-0.05, 0) is 91.4 Å². The fraction of sp³-hybridized carbons (Fsp3) is 0.793. The molecular formula is C29H46. The molecular weight excluding hydrogens is 348 g/mol. The van der Waals surface area contributed by atoms with E-state index in [-0.39, 0.29) is 5.41 Å². The van der Waals surface area contributed by atoms with Crippen LogP contribution in [0.25, 0.3) is 0 Å². The molecule has 0 spiro atoms. The number of fused-ring (bicyclic) bond motifs is 3. The minimum Gasteiger partial charge on any atom is -0.0918 e. The van der Waals surface area contributed by atoms with E-state index in [1.54, 1.807) is 5.57 Å². The molecule has 29 heavy (non-hydrogen) atoms. The van der Waals surface area contributed by atoms with Crippen LogP contribution in [0.1, 0.15) is 92.4 Å². The molecule has 9 atom stereocenters. The summed E-state index contributed by atoms with van der Waals surface area (Å²) in [6.45, 7) is 16.8. The van der Waals surface area contributed by atoms with Crippen LogP contribution in [0.4, 0.5) is 0 Å². The largest absolute Gasteiger partial charge is 0.0918 e. The van der Waals surface area contributed by atoms with Gasteiger partial charge in [-0.1, -0.05) is 84.3 Å². The van der Waals surface area contributed by atoms with Crippen molar-refractivity contribution in [1.82, 2.24) is 0 Å². The smallest absolute Gasteiger partial charge is 0.0103 e. The summed E-state index contributed by atoms with van der Waals surface area (Å²) in [6, 6.07) is 0. The maximum absolute atomic E-state index is 4.23. The van der Waals surface area contributed by atoms with Gasteiger partial charge in [-0.25, -0.2) is 0 Å². The maximum atomic E-state index is 4.23. The van der Waals surface area contributed by atoms with Gasteiger partial charge in [-0.15, -0.1) is 0 Å². The van der Waals surface area contributed by atoms with Crippen molar-refractivity contribution < 1.29 is 0 Å². The van der Waals surface area contributed by atoms with E-state index < -0.39 is 0 Å². The van der Waals surface area contributed by atoms with Crippen LogP contribution in [0.5, 0.6) is 0 Å². The molecule has 0 radical (unpaired) electrons. The molecule has 0 aromatic rings. The quantitative estimate of drug-likeness (QED) is 0.438. The third-order valence-electron chi connectivity index (χ3n) is 9.97. The van der Waals surface area contributed by atoms with Crippen LogP contribution < -0.4 is 0 Å². The van der Waals surface area contributed by atoms with Crippen molar-refractivity contribution in [3.63, 3.8) is 0 Å². The Balaban J connectivity index is 1.56. The molecule has 0 saturated heterocycles. The van der Waals surface area contributed by atoms with Crippen molar-refractivity contribution in [1.29, 1.82) is 0 Å². The summed E-state index contributed by atoms with van der Waals surface area (Å²) in [7, 11) is 0. The summed E-state index contributed by atoms with van der Waals surface area (Å²) in [5, 5.41) is 0. The first kappa shape index (κ1) is 21.5. The van der Waals surface area contributed by atoms with Gasteiger partial charge >= 0.3 is 0 Å². The predicted molar refractivity (Wildman–Crippen MR) is 127 cm³/mol. The van der Waals surface area contributed by atoms with Crippen LogP contribution in [0.2, 0.25) is 0 Å². The Kier molecular flexibility index (Phi) is 6.21. The summed E-state index contributed by atoms with van der Waals surface area (Å²) in [5.74, 6) is 7.49. The summed E-state index contributed by atoms with van der Waals surface area (Å²) in [6.07, 6.45) is 20.3. The molecule has 0 N–H and O–H groups in total. The fourth-order valence-electron chi connectivity index (χ4n) is 8.78. The molecule has 162 valence electrons. The summed E-state index contributed by atoms with van der Waals surface area (Å²) >= 11 is 0. The number of hydrogen-bond donors (Lipinski definition) is 0. The minimum absolute atomic E-state index is 0.284. The molecule has 4 aliphatic carbocycles. The van der Waals surface area contributed by atoms with E-state index >= 15 is 0 Å². The van der Waals surface area contributed by atoms with Crippen LogP contribution in [0.3, 0.4) is 0 Å². The highest BCUT2D eigenvalue weighted by molar-refractivity contribution is 5.43. The lowest BCUT2D eigenvalue weighted by molar-refractivity contribution is -0.0299. The molecule has 0 aliphatic heterocycles. The van der Waals surface area contributed by atoms with Crippen molar-refractivity contribution in [2.24, 2.45) is 52.8 Å². The monoisotopic (exact) mass is 394 g/mol. The van der Waals surface area contributed by atoms with Gasteiger partial charge in [0.15, 0.2) is 0 Å². The van der Waals surface area contributed by atoms with E-state index in [9.17, 15) is 0 Å². The Morgan fingerprint density at radius 1 is 1.07 bits per heavy atom. The molecule has 0 amide bonds. The Bertz CT molecular complexity index is 666. The minimum atomic E-state index is 0.284. The normalized spacial score (nSPS) is 46.9. The lowest BCUT2D eigenvalue weighted by Crippen LogP contribution is -2.50. The van der Waals surface area contributed by atoms with E-state index in [0.29, 0.717) is 0 Å². The molecule has 4 rings (SSSR count). The van der Waals surface area contributed by atoms with Gasteiger partial charge in [0.2, 0.25) is 0 Å². The molecule has 4 aliphatic rings. The summed E-state index contributed by atoms with van der Waals surface area (Å²) < 4.78 is 0.